The molecule has 0 aliphatic heterocycles. The molecule has 5 nitrogen and oxygen atoms in total. The Morgan fingerprint density at radius 1 is 1.60 bits per heavy atom. The molecule has 0 fully saturated rings. The fraction of sp³-hybridized carbons (Fsp3) is 0.800. The van der Waals surface area contributed by atoms with E-state index in [0.29, 0.717) is 13.1 Å². The van der Waals surface area contributed by atoms with Crippen LogP contribution in [0.2, 0.25) is 0 Å². The molecule has 0 aromatic carbocycles. The molecule has 0 rings (SSSR count). The summed E-state index contributed by atoms with van der Waals surface area (Å²) in [6, 6.07) is -0.586. The summed E-state index contributed by atoms with van der Waals surface area (Å²) in [5.74, 6) is 0. The molecular weight excluding hydrogens is 132 g/mol. The van der Waals surface area contributed by atoms with Crippen molar-refractivity contribution in [3.05, 3.63) is 0 Å². The largest absolute Gasteiger partial charge is 0.359 e. The van der Waals surface area contributed by atoms with Crippen LogP contribution in [-0.2, 0) is 0 Å². The van der Waals surface area contributed by atoms with Crippen LogP contribution in [0.3, 0.4) is 0 Å². The van der Waals surface area contributed by atoms with Crippen LogP contribution in [0.1, 0.15) is 12.8 Å². The average molecular weight is 144 g/mol. The van der Waals surface area contributed by atoms with Gasteiger partial charge in [-0.15, -0.1) is 0 Å². The van der Waals surface area contributed by atoms with Crippen LogP contribution >= 0.6 is 0 Å². The molecule has 2 amide bonds. The number of hydrogen-bond donors (Lipinski definition) is 3. The lowest BCUT2D eigenvalue weighted by atomic mass is 10.3. The SMILES string of the molecule is N=NC(=O)NCCCCN. The fourth-order valence-electron chi connectivity index (χ4n) is 0.504. The van der Waals surface area contributed by atoms with Crippen molar-refractivity contribution in [2.45, 2.75) is 12.8 Å². The maximum atomic E-state index is 10.3. The lowest BCUT2D eigenvalue weighted by molar-refractivity contribution is 0.247. The molecule has 0 bridgehead atoms. The Morgan fingerprint density at radius 2 is 2.30 bits per heavy atom. The molecule has 0 saturated carbocycles. The van der Waals surface area contributed by atoms with Crippen molar-refractivity contribution in [1.29, 1.82) is 5.53 Å². The van der Waals surface area contributed by atoms with Crippen LogP contribution in [0.25, 0.3) is 0 Å². The van der Waals surface area contributed by atoms with Gasteiger partial charge in [0.1, 0.15) is 0 Å². The van der Waals surface area contributed by atoms with Gasteiger partial charge in [0.15, 0.2) is 0 Å². The van der Waals surface area contributed by atoms with Crippen molar-refractivity contribution < 1.29 is 4.79 Å². The number of rotatable bonds is 4. The van der Waals surface area contributed by atoms with E-state index in [-0.39, 0.29) is 0 Å². The summed E-state index contributed by atoms with van der Waals surface area (Å²) in [5, 5.41) is 5.07. The Kier molecular flexibility index (Phi) is 5.56. The second-order valence-electron chi connectivity index (χ2n) is 1.84. The zero-order valence-corrected chi connectivity index (χ0v) is 5.76. The number of amides is 2. The molecule has 58 valence electrons. The summed E-state index contributed by atoms with van der Waals surface area (Å²) >= 11 is 0. The van der Waals surface area contributed by atoms with Crippen molar-refractivity contribution in [3.8, 4) is 0 Å². The predicted molar refractivity (Wildman–Crippen MR) is 36.8 cm³/mol. The van der Waals surface area contributed by atoms with E-state index in [9.17, 15) is 4.79 Å². The third-order valence-electron chi connectivity index (χ3n) is 1.01. The molecule has 0 saturated heterocycles. The molecule has 4 N–H and O–H groups in total. The quantitative estimate of drug-likeness (QED) is 0.395. The maximum absolute atomic E-state index is 10.3. The molecule has 0 aliphatic carbocycles. The van der Waals surface area contributed by atoms with E-state index >= 15 is 0 Å². The second kappa shape index (κ2) is 6.15. The molecule has 0 aromatic rings. The van der Waals surface area contributed by atoms with Crippen molar-refractivity contribution in [3.63, 3.8) is 0 Å². The Labute approximate surface area is 59.5 Å². The van der Waals surface area contributed by atoms with Crippen LogP contribution in [0, 0.1) is 5.53 Å². The number of nitrogens with zero attached hydrogens (tertiary/aromatic N) is 1. The highest BCUT2D eigenvalue weighted by Crippen LogP contribution is 1.82. The van der Waals surface area contributed by atoms with Crippen LogP contribution in [-0.4, -0.2) is 19.1 Å². The third kappa shape index (κ3) is 5.17. The summed E-state index contributed by atoms with van der Waals surface area (Å²) < 4.78 is 0. The van der Waals surface area contributed by atoms with Gasteiger partial charge in [0.25, 0.3) is 0 Å². The third-order valence-corrected chi connectivity index (χ3v) is 1.01. The molecule has 0 unspecified atom stereocenters. The molecule has 0 aromatic heterocycles. The van der Waals surface area contributed by atoms with E-state index < -0.39 is 6.03 Å². The molecule has 0 atom stereocenters. The van der Waals surface area contributed by atoms with E-state index in [0.717, 1.165) is 12.8 Å². The summed E-state index contributed by atoms with van der Waals surface area (Å²) in [7, 11) is 0. The zero-order valence-electron chi connectivity index (χ0n) is 5.76. The minimum Gasteiger partial charge on any atom is -0.335 e. The van der Waals surface area contributed by atoms with Crippen molar-refractivity contribution in [2.24, 2.45) is 10.8 Å². The van der Waals surface area contributed by atoms with Gasteiger partial charge in [-0.2, -0.15) is 5.53 Å². The van der Waals surface area contributed by atoms with E-state index in [1.165, 1.54) is 0 Å². The van der Waals surface area contributed by atoms with E-state index in [4.69, 9.17) is 11.3 Å². The molecule has 10 heavy (non-hydrogen) atoms. The molecule has 0 heterocycles. The Hall–Kier alpha value is -0.970. The number of unbranched alkanes of at least 4 members (excludes halogenated alkanes) is 1. The number of nitrogens with one attached hydrogen (secondary N) is 2. The van der Waals surface area contributed by atoms with Gasteiger partial charge in [-0.1, -0.05) is 5.11 Å². The van der Waals surface area contributed by atoms with Gasteiger partial charge < -0.3 is 11.1 Å². The minimum atomic E-state index is -0.586. The Bertz CT molecular complexity index is 114. The lowest BCUT2D eigenvalue weighted by Crippen LogP contribution is -2.20. The highest BCUT2D eigenvalue weighted by atomic mass is 16.2. The number of nitrogens with two attached hydrogens (primary N) is 1. The van der Waals surface area contributed by atoms with Crippen LogP contribution in [0.15, 0.2) is 5.11 Å². The van der Waals surface area contributed by atoms with Crippen molar-refractivity contribution in [2.75, 3.05) is 13.1 Å². The lowest BCUT2D eigenvalue weighted by Gasteiger charge is -1.97. The number of carbonyl (C=O) groups excluding carboxylic acids is 1. The van der Waals surface area contributed by atoms with Gasteiger partial charge in [-0.3, -0.25) is 0 Å². The first-order valence-electron chi connectivity index (χ1n) is 3.16. The van der Waals surface area contributed by atoms with Crippen LogP contribution in [0.4, 0.5) is 4.79 Å². The molecule has 5 heteroatoms. The van der Waals surface area contributed by atoms with E-state index in [1.54, 1.807) is 0 Å². The Balaban J connectivity index is 3.03. The fourth-order valence-corrected chi connectivity index (χ4v) is 0.504. The summed E-state index contributed by atoms with van der Waals surface area (Å²) in [6.07, 6.45) is 1.73. The van der Waals surface area contributed by atoms with E-state index in [2.05, 4.69) is 10.4 Å². The molecule has 0 radical (unpaired) electrons. The molecule has 0 aliphatic rings. The first kappa shape index (κ1) is 9.03. The first-order chi connectivity index (χ1) is 4.81. The van der Waals surface area contributed by atoms with Gasteiger partial charge in [0, 0.05) is 6.54 Å². The molecule has 0 spiro atoms. The van der Waals surface area contributed by atoms with Crippen LogP contribution < -0.4 is 11.1 Å². The Morgan fingerprint density at radius 3 is 2.80 bits per heavy atom. The highest BCUT2D eigenvalue weighted by Gasteiger charge is 1.92. The summed E-state index contributed by atoms with van der Waals surface area (Å²) in [6.45, 7) is 1.19. The van der Waals surface area contributed by atoms with Gasteiger partial charge in [-0.05, 0) is 19.4 Å². The second-order valence-corrected chi connectivity index (χ2v) is 1.84. The maximum Gasteiger partial charge on any atom is 0.359 e. The van der Waals surface area contributed by atoms with E-state index in [1.807, 2.05) is 0 Å². The van der Waals surface area contributed by atoms with Gasteiger partial charge >= 0.3 is 6.03 Å². The number of carbonyl (C=O) groups is 1. The average Bonchev–Trinajstić information content (AvgIpc) is 1.98. The number of urea groups is 1. The highest BCUT2D eigenvalue weighted by molar-refractivity contribution is 5.73. The zero-order chi connectivity index (χ0) is 7.82. The minimum absolute atomic E-state index is 0.554. The normalized spacial score (nSPS) is 8.90. The van der Waals surface area contributed by atoms with Crippen LogP contribution in [0.5, 0.6) is 0 Å². The standard InChI is InChI=1S/C5H12N4O/c6-3-1-2-4-8-5(10)9-7/h7H,1-4,6H2,(H,8,10). The van der Waals surface area contributed by atoms with Gasteiger partial charge in [0.05, 0.1) is 0 Å². The summed E-state index contributed by atoms with van der Waals surface area (Å²) in [5.41, 5.74) is 11.5. The van der Waals surface area contributed by atoms with Gasteiger partial charge in [0.2, 0.25) is 0 Å². The number of hydrogen-bond acceptors (Lipinski definition) is 3. The monoisotopic (exact) mass is 144 g/mol. The summed E-state index contributed by atoms with van der Waals surface area (Å²) in [4.78, 5) is 10.3. The molecular formula is C5H12N4O. The smallest absolute Gasteiger partial charge is 0.335 e. The van der Waals surface area contributed by atoms with Crippen molar-refractivity contribution in [1.82, 2.24) is 5.32 Å². The topological polar surface area (TPSA) is 91.3 Å². The van der Waals surface area contributed by atoms with Crippen molar-refractivity contribution >= 4 is 6.03 Å². The first-order valence-corrected chi connectivity index (χ1v) is 3.16. The van der Waals surface area contributed by atoms with Gasteiger partial charge in [-0.25, -0.2) is 4.79 Å². The predicted octanol–water partition coefficient (Wildman–Crippen LogP) is 0.466.